The monoisotopic (exact) mass is 1320 g/mol. The van der Waals surface area contributed by atoms with Gasteiger partial charge in [-0.25, -0.2) is 9.98 Å². The number of hydrogen-bond acceptors (Lipinski definition) is 4. The number of benzene rings is 6. The molecule has 0 radical (unpaired) electrons. The molecule has 0 bridgehead atoms. The van der Waals surface area contributed by atoms with Gasteiger partial charge in [0.2, 0.25) is 0 Å². The summed E-state index contributed by atoms with van der Waals surface area (Å²) in [5.74, 6) is 0. The predicted molar refractivity (Wildman–Crippen MR) is 261 cm³/mol. The molecule has 8 aromatic rings. The van der Waals surface area contributed by atoms with Crippen molar-refractivity contribution < 1.29 is 126 Å². The Morgan fingerprint density at radius 2 is 0.541 bits per heavy atom. The van der Waals surface area contributed by atoms with Crippen molar-refractivity contribution in [3.05, 3.63) is 221 Å². The molecule has 0 amide bonds. The normalized spacial score (nSPS) is 14.4. The summed E-state index contributed by atoms with van der Waals surface area (Å²) in [6, 6.07) is 11.4. The van der Waals surface area contributed by atoms with E-state index in [0.29, 0.717) is 0 Å². The van der Waals surface area contributed by atoms with Crippen LogP contribution in [-0.2, 0) is 69.8 Å². The van der Waals surface area contributed by atoms with Crippen LogP contribution in [0, 0.1) is 7.43 Å². The quantitative estimate of drug-likeness (QED) is 0.0946. The van der Waals surface area contributed by atoms with Gasteiger partial charge >= 0.3 is 69.8 Å². The molecule has 0 fully saturated rings. The summed E-state index contributed by atoms with van der Waals surface area (Å²) in [7, 11) is 0. The fourth-order valence-corrected chi connectivity index (χ4v) is 9.39. The second kappa shape index (κ2) is 23.3. The van der Waals surface area contributed by atoms with E-state index >= 15 is 0 Å². The molecule has 6 aromatic carbocycles. The zero-order valence-corrected chi connectivity index (χ0v) is 43.3. The van der Waals surface area contributed by atoms with E-state index in [4.69, 9.17) is 9.98 Å². The van der Waals surface area contributed by atoms with Crippen molar-refractivity contribution in [3.8, 4) is 0 Å². The molecule has 0 saturated heterocycles. The fourth-order valence-electron chi connectivity index (χ4n) is 9.39. The van der Waals surface area contributed by atoms with Crippen molar-refractivity contribution in [1.29, 1.82) is 0 Å². The summed E-state index contributed by atoms with van der Waals surface area (Å²) in [4.78, 5) is 18.1. The van der Waals surface area contributed by atoms with Crippen LogP contribution in [0.1, 0.15) is 55.6 Å². The van der Waals surface area contributed by atoms with E-state index in [-0.39, 0.29) is 27.8 Å². The number of halogens is 24. The first kappa shape index (κ1) is 66.4. The van der Waals surface area contributed by atoms with Crippen LogP contribution in [0.15, 0.2) is 168 Å². The Morgan fingerprint density at radius 1 is 0.306 bits per heavy atom. The van der Waals surface area contributed by atoms with E-state index < -0.39 is 195 Å². The first-order chi connectivity index (χ1) is 38.2. The number of nitrogens with zero attached hydrogens (tertiary/aromatic N) is 4. The molecule has 2 heterocycles. The molecule has 0 atom stereocenters. The van der Waals surface area contributed by atoms with Gasteiger partial charge < -0.3 is 7.43 Å². The SMILES string of the molecule is FC(F)(F)c1cc([B-](c2cc(C(F)(F)F)cc(C(F)(F)F)c2)(c2cc(C(F)(F)F)cc(C(F)(F)F)c2)c2cc(C(F)(F)F)cc(C(F)(F)F)c2)cc(C(F)(F)F)c1.[CH3-].[Pd+2].c1cncc(N=C2C(=Nc3cccnc3)c3cccc4cccc2c34)c1. The van der Waals surface area contributed by atoms with Gasteiger partial charge in [-0.1, -0.05) is 84.9 Å². The Labute approximate surface area is 476 Å². The molecular formula is C55H29BF24N4Pd. The smallest absolute Gasteiger partial charge is 0.358 e. The van der Waals surface area contributed by atoms with Gasteiger partial charge in [0.15, 0.2) is 0 Å². The second-order valence-corrected chi connectivity index (χ2v) is 18.3. The van der Waals surface area contributed by atoms with Gasteiger partial charge in [-0.3, -0.25) is 9.97 Å². The minimum Gasteiger partial charge on any atom is -0.358 e. The number of alkyl halides is 24. The summed E-state index contributed by atoms with van der Waals surface area (Å²) in [6.07, 6.45) is -47.8. The van der Waals surface area contributed by atoms with Crippen molar-refractivity contribution in [2.45, 2.75) is 49.4 Å². The topological polar surface area (TPSA) is 50.5 Å². The first-order valence-corrected chi connectivity index (χ1v) is 23.0. The first-order valence-electron chi connectivity index (χ1n) is 23.0. The molecule has 1 aliphatic carbocycles. The molecule has 30 heteroatoms. The van der Waals surface area contributed by atoms with E-state index in [1.807, 2.05) is 24.3 Å². The average molecular weight is 1320 g/mol. The predicted octanol–water partition coefficient (Wildman–Crippen LogP) is 16.5. The molecule has 1 aliphatic rings. The van der Waals surface area contributed by atoms with Crippen LogP contribution >= 0.6 is 0 Å². The Bertz CT molecular complexity index is 3280. The van der Waals surface area contributed by atoms with Gasteiger partial charge in [0.05, 0.1) is 79.7 Å². The van der Waals surface area contributed by atoms with Crippen LogP contribution < -0.4 is 21.9 Å². The van der Waals surface area contributed by atoms with Crippen molar-refractivity contribution in [3.63, 3.8) is 0 Å². The standard InChI is InChI=1S/C32H12BF24.C22H14N4.CH3.Pd/c34-25(35,36)13-1-14(26(37,38)39)6-21(5-13)33(22-7-15(27(40,41)42)2-16(8-22)28(43,44)45,23-9-17(29(46,47)48)3-18(10-23)30(49,50)51)24-11-19(31(52,53)54)4-20(12-24)32(55,56)57;1-5-15-6-2-10-19-20(15)18(9-1)21(25-16-7-3-11-23-13-16)22(19)26-17-8-4-12-24-14-17;;/h1-12H;1-14H;1H3;/q-1;;-1;+2. The minimum atomic E-state index is -6.13. The number of aliphatic imine (C=N–C) groups is 2. The summed E-state index contributed by atoms with van der Waals surface area (Å²) in [5, 5.41) is 2.38. The van der Waals surface area contributed by atoms with Gasteiger partial charge in [-0.15, -0.1) is 0 Å². The molecule has 9 rings (SSSR count). The van der Waals surface area contributed by atoms with Crippen LogP contribution in [0.3, 0.4) is 0 Å². The number of hydrogen-bond donors (Lipinski definition) is 0. The van der Waals surface area contributed by atoms with E-state index in [0.717, 1.165) is 33.9 Å². The van der Waals surface area contributed by atoms with Crippen LogP contribution in [0.4, 0.5) is 117 Å². The van der Waals surface area contributed by atoms with Crippen molar-refractivity contribution in [2.75, 3.05) is 0 Å². The fraction of sp³-hybridized carbons (Fsp3) is 0.145. The van der Waals surface area contributed by atoms with Crippen LogP contribution in [-0.4, -0.2) is 27.5 Å². The Morgan fingerprint density at radius 3 is 0.741 bits per heavy atom. The molecule has 0 spiro atoms. The Balaban J connectivity index is 0.000000341. The van der Waals surface area contributed by atoms with Crippen LogP contribution in [0.5, 0.6) is 0 Å². The maximum absolute atomic E-state index is 14.2. The molecule has 85 heavy (non-hydrogen) atoms. The van der Waals surface area contributed by atoms with Crippen molar-refractivity contribution in [1.82, 2.24) is 9.97 Å². The maximum Gasteiger partial charge on any atom is 2.00 e. The molecular weight excluding hydrogens is 1290 g/mol. The minimum absolute atomic E-state index is 0. The molecule has 0 unspecified atom stereocenters. The number of rotatable bonds is 6. The van der Waals surface area contributed by atoms with E-state index in [2.05, 4.69) is 46.4 Å². The molecule has 2 aromatic heterocycles. The van der Waals surface area contributed by atoms with Gasteiger partial charge in [0.1, 0.15) is 6.15 Å². The van der Waals surface area contributed by atoms with Gasteiger partial charge in [-0.05, 0) is 53.9 Å². The molecule has 450 valence electrons. The van der Waals surface area contributed by atoms with Gasteiger partial charge in [0, 0.05) is 28.9 Å². The van der Waals surface area contributed by atoms with Gasteiger partial charge in [0.25, 0.3) is 0 Å². The summed E-state index contributed by atoms with van der Waals surface area (Å²) >= 11 is 0. The zero-order valence-electron chi connectivity index (χ0n) is 41.8. The second-order valence-electron chi connectivity index (χ2n) is 18.3. The third-order valence-electron chi connectivity index (χ3n) is 12.9. The van der Waals surface area contributed by atoms with Crippen molar-refractivity contribution in [2.24, 2.45) is 9.98 Å². The third kappa shape index (κ3) is 14.2. The Hall–Kier alpha value is -7.73. The number of aromatic nitrogens is 2. The average Bonchev–Trinajstić information content (AvgIpc) is 1.05. The molecule has 0 saturated carbocycles. The van der Waals surface area contributed by atoms with E-state index in [1.54, 1.807) is 24.8 Å². The van der Waals surface area contributed by atoms with E-state index in [1.165, 1.54) is 10.8 Å². The summed E-state index contributed by atoms with van der Waals surface area (Å²) in [5.41, 5.74) is -24.6. The molecule has 4 nitrogen and oxygen atoms in total. The van der Waals surface area contributed by atoms with Gasteiger partial charge in [-0.2, -0.15) is 127 Å². The van der Waals surface area contributed by atoms with E-state index in [9.17, 15) is 105 Å². The van der Waals surface area contributed by atoms with Crippen LogP contribution in [0.25, 0.3) is 10.8 Å². The molecule has 0 N–H and O–H groups in total. The van der Waals surface area contributed by atoms with Crippen molar-refractivity contribution >= 4 is 61.6 Å². The Kier molecular flexibility index (Phi) is 18.2. The summed E-state index contributed by atoms with van der Waals surface area (Å²) in [6.45, 7) is 0. The third-order valence-corrected chi connectivity index (χ3v) is 12.9. The molecule has 0 aliphatic heterocycles. The number of pyridine rings is 2. The largest absolute Gasteiger partial charge is 2.00 e. The summed E-state index contributed by atoms with van der Waals surface area (Å²) < 4.78 is 341. The van der Waals surface area contributed by atoms with Crippen LogP contribution in [0.2, 0.25) is 0 Å². The zero-order chi connectivity index (χ0) is 61.3. The maximum atomic E-state index is 14.2.